The van der Waals surface area contributed by atoms with Crippen molar-refractivity contribution in [1.82, 2.24) is 0 Å². The fraction of sp³-hybridized carbons (Fsp3) is 1.00. The van der Waals surface area contributed by atoms with E-state index in [1.54, 1.807) is 0 Å². The van der Waals surface area contributed by atoms with E-state index >= 15 is 0 Å². The maximum Gasteiger partial charge on any atom is 0.673 e. The largest absolute Gasteiger partial charge is 0.673 e. The van der Waals surface area contributed by atoms with Crippen molar-refractivity contribution in [2.45, 2.75) is 26.7 Å². The van der Waals surface area contributed by atoms with Crippen molar-refractivity contribution in [2.75, 3.05) is 33.0 Å². The summed E-state index contributed by atoms with van der Waals surface area (Å²) in [4.78, 5) is 0. The van der Waals surface area contributed by atoms with Crippen molar-refractivity contribution >= 4 is 34.2 Å². The molecule has 1 aliphatic rings. The van der Waals surface area contributed by atoms with Gasteiger partial charge in [-0.3, -0.25) is 0 Å². The van der Waals surface area contributed by atoms with Gasteiger partial charge in [0.25, 0.3) is 0 Å². The topological polar surface area (TPSA) is 9.23 Å². The molecule has 0 unspecified atom stereocenters. The molecule has 0 spiro atoms. The molecule has 2 nitrogen and oxygen atoms in total. The Labute approximate surface area is 155 Å². The number of halogens is 13. The van der Waals surface area contributed by atoms with Gasteiger partial charge in [0.1, 0.15) is 0 Å². The maximum absolute atomic E-state index is 9.75. The summed E-state index contributed by atoms with van der Waals surface area (Å²) in [6.45, 7) is 10.0. The molecule has 1 saturated heterocycles. The minimum atomic E-state index is -6.00. The van der Waals surface area contributed by atoms with Gasteiger partial charge in [0, 0.05) is 19.4 Å². The summed E-state index contributed by atoms with van der Waals surface area (Å²) in [6, 6.07) is 0. The number of rotatable bonds is 4. The summed E-state index contributed by atoms with van der Waals surface area (Å²) in [6.07, 6.45) is 2.78. The molecule has 1 rings (SSSR count). The van der Waals surface area contributed by atoms with E-state index < -0.39 is 21.8 Å². The minimum Gasteiger partial charge on any atom is -0.418 e. The molecule has 27 heavy (non-hydrogen) atoms. The van der Waals surface area contributed by atoms with Crippen LogP contribution in [-0.2, 0) is 4.74 Å². The molecule has 0 N–H and O–H groups in total. The molecule has 18 heteroatoms. The Balaban J connectivity index is -0.000000142. The summed E-state index contributed by atoms with van der Waals surface area (Å²) in [7, 11) is -18.0. The molecule has 0 radical (unpaired) electrons. The molecule has 0 aromatic heterocycles. The van der Waals surface area contributed by atoms with Crippen LogP contribution < -0.4 is 0 Å². The van der Waals surface area contributed by atoms with E-state index in [1.807, 2.05) is 0 Å². The van der Waals surface area contributed by atoms with Crippen LogP contribution in [0.5, 0.6) is 0 Å². The highest BCUT2D eigenvalue weighted by atomic mass is 35.5. The fourth-order valence-electron chi connectivity index (χ4n) is 1.83. The second-order valence-corrected chi connectivity index (χ2v) is 4.92. The van der Waals surface area contributed by atoms with E-state index in [1.165, 1.54) is 37.0 Å². The minimum absolute atomic E-state index is 0. The SMILES string of the molecule is CCOC[N+]1(CC)CCCC1.Cl.F[B-](F)(F)F.F[B-](F)(F)F.F[B-](F)(F)F. The average molecular weight is 455 g/mol. The summed E-state index contributed by atoms with van der Waals surface area (Å²) in [5.74, 6) is 0. The first kappa shape index (κ1) is 34.1. The van der Waals surface area contributed by atoms with Crippen molar-refractivity contribution in [3.63, 3.8) is 0 Å². The number of likely N-dealkylation sites (tertiary alicyclic amines) is 1. The summed E-state index contributed by atoms with van der Waals surface area (Å²) >= 11 is 0. The lowest BCUT2D eigenvalue weighted by Gasteiger charge is -2.32. The summed E-state index contributed by atoms with van der Waals surface area (Å²) < 4.78 is 124. The molecule has 0 bridgehead atoms. The zero-order valence-corrected chi connectivity index (χ0v) is 15.3. The lowest BCUT2D eigenvalue weighted by Crippen LogP contribution is -2.46. The van der Waals surface area contributed by atoms with Crippen molar-refractivity contribution in [1.29, 1.82) is 0 Å². The van der Waals surface area contributed by atoms with Crippen LogP contribution in [0.3, 0.4) is 0 Å². The highest BCUT2D eigenvalue weighted by Gasteiger charge is 2.29. The third kappa shape index (κ3) is 51.7. The van der Waals surface area contributed by atoms with Crippen molar-refractivity contribution < 1.29 is 61.0 Å². The Kier molecular flexibility index (Phi) is 19.6. The van der Waals surface area contributed by atoms with Crippen LogP contribution in [-0.4, -0.2) is 59.2 Å². The number of ether oxygens (including phenoxy) is 1. The van der Waals surface area contributed by atoms with Crippen LogP contribution in [0.1, 0.15) is 26.7 Å². The van der Waals surface area contributed by atoms with E-state index in [2.05, 4.69) is 13.8 Å². The molecule has 0 atom stereocenters. The lowest BCUT2D eigenvalue weighted by molar-refractivity contribution is -0.933. The van der Waals surface area contributed by atoms with Crippen LogP contribution in [0.4, 0.5) is 51.8 Å². The van der Waals surface area contributed by atoms with Gasteiger partial charge in [-0.15, -0.1) is 12.4 Å². The van der Waals surface area contributed by atoms with Crippen molar-refractivity contribution in [3.05, 3.63) is 0 Å². The molecular formula is C9H21B3ClF12NO-2. The van der Waals surface area contributed by atoms with E-state index in [0.29, 0.717) is 0 Å². The number of hydrogen-bond donors (Lipinski definition) is 0. The van der Waals surface area contributed by atoms with Gasteiger partial charge in [0.05, 0.1) is 19.6 Å². The van der Waals surface area contributed by atoms with E-state index in [-0.39, 0.29) is 12.4 Å². The highest BCUT2D eigenvalue weighted by Crippen LogP contribution is 2.18. The molecular weight excluding hydrogens is 434 g/mol. The average Bonchev–Trinajstić information content (AvgIpc) is 2.79. The zero-order chi connectivity index (χ0) is 21.7. The first-order valence-corrected chi connectivity index (χ1v) is 7.38. The van der Waals surface area contributed by atoms with Gasteiger partial charge >= 0.3 is 21.8 Å². The molecule has 1 fully saturated rings. The number of nitrogens with zero attached hydrogens (tertiary/aromatic N) is 1. The Morgan fingerprint density at radius 3 is 1.11 bits per heavy atom. The zero-order valence-electron chi connectivity index (χ0n) is 14.5. The van der Waals surface area contributed by atoms with E-state index in [9.17, 15) is 51.8 Å². The van der Waals surface area contributed by atoms with Gasteiger partial charge < -0.3 is 61.0 Å². The molecule has 0 aromatic rings. The Morgan fingerprint density at radius 2 is 0.926 bits per heavy atom. The molecule has 1 heterocycles. The van der Waals surface area contributed by atoms with Crippen LogP contribution >= 0.6 is 12.4 Å². The highest BCUT2D eigenvalue weighted by molar-refractivity contribution is 6.50. The normalized spacial score (nSPS) is 15.8. The second kappa shape index (κ2) is 15.5. The van der Waals surface area contributed by atoms with Gasteiger partial charge in [-0.25, -0.2) is 0 Å². The van der Waals surface area contributed by atoms with Crippen molar-refractivity contribution in [2.24, 2.45) is 0 Å². The van der Waals surface area contributed by atoms with Crippen LogP contribution in [0.15, 0.2) is 0 Å². The third-order valence-corrected chi connectivity index (χ3v) is 2.76. The van der Waals surface area contributed by atoms with Gasteiger partial charge in [-0.05, 0) is 13.8 Å². The predicted molar refractivity (Wildman–Crippen MR) is 84.1 cm³/mol. The van der Waals surface area contributed by atoms with Gasteiger partial charge in [0.15, 0.2) is 6.73 Å². The third-order valence-electron chi connectivity index (χ3n) is 2.76. The molecule has 0 saturated carbocycles. The quantitative estimate of drug-likeness (QED) is 0.290. The summed E-state index contributed by atoms with van der Waals surface area (Å²) in [5.41, 5.74) is 0. The van der Waals surface area contributed by atoms with E-state index in [4.69, 9.17) is 4.74 Å². The summed E-state index contributed by atoms with van der Waals surface area (Å²) in [5, 5.41) is 0. The molecule has 0 amide bonds. The van der Waals surface area contributed by atoms with Gasteiger partial charge in [-0.1, -0.05) is 0 Å². The number of hydrogen-bond acceptors (Lipinski definition) is 1. The first-order chi connectivity index (χ1) is 11.3. The molecule has 1 aliphatic heterocycles. The molecule has 170 valence electrons. The van der Waals surface area contributed by atoms with E-state index in [0.717, 1.165) is 13.3 Å². The smallest absolute Gasteiger partial charge is 0.418 e. The second-order valence-electron chi connectivity index (χ2n) is 4.92. The fourth-order valence-corrected chi connectivity index (χ4v) is 1.83. The van der Waals surface area contributed by atoms with Crippen LogP contribution in [0.25, 0.3) is 0 Å². The molecule has 0 aromatic carbocycles. The molecule has 0 aliphatic carbocycles. The predicted octanol–water partition coefficient (Wildman–Crippen LogP) is 5.93. The van der Waals surface area contributed by atoms with Gasteiger partial charge in [0.2, 0.25) is 0 Å². The standard InChI is InChI=1S/C9H20NO.3BF4.ClH/c1-3-10(9-11-4-2)7-5-6-8-10;3*2-1(3,4)5;/h3-9H2,1-2H3;;;;1H/q+1;3*-1;. The Morgan fingerprint density at radius 1 is 0.667 bits per heavy atom. The Hall–Kier alpha value is -0.435. The lowest BCUT2D eigenvalue weighted by atomic mass is 10.3. The van der Waals surface area contributed by atoms with Crippen LogP contribution in [0.2, 0.25) is 0 Å². The van der Waals surface area contributed by atoms with Crippen LogP contribution in [0, 0.1) is 0 Å². The Bertz CT molecular complexity index is 289. The first-order valence-electron chi connectivity index (χ1n) is 7.38. The van der Waals surface area contributed by atoms with Crippen molar-refractivity contribution in [3.8, 4) is 0 Å². The monoisotopic (exact) mass is 455 g/mol. The van der Waals surface area contributed by atoms with Gasteiger partial charge in [-0.2, -0.15) is 0 Å². The maximum atomic E-state index is 9.75. The number of quaternary nitrogens is 1.